The van der Waals surface area contributed by atoms with Gasteiger partial charge in [-0.1, -0.05) is 27.7 Å². The summed E-state index contributed by atoms with van der Waals surface area (Å²) in [5.41, 5.74) is 1.11. The molecule has 112 valence electrons. The second-order valence-corrected chi connectivity index (χ2v) is 7.76. The zero-order valence-electron chi connectivity index (χ0n) is 12.5. The van der Waals surface area contributed by atoms with Crippen molar-refractivity contribution >= 4 is 28.3 Å². The third-order valence-electron chi connectivity index (χ3n) is 4.07. The SMILES string of the molecule is CC(C)COC1CC(Nc2ccc(F)cc2I)C1(C)C. The summed E-state index contributed by atoms with van der Waals surface area (Å²) in [6.45, 7) is 9.62. The first-order valence-corrected chi connectivity index (χ1v) is 8.21. The Morgan fingerprint density at radius 3 is 2.70 bits per heavy atom. The average Bonchev–Trinajstić information content (AvgIpc) is 2.34. The van der Waals surface area contributed by atoms with Crippen LogP contribution < -0.4 is 5.32 Å². The second kappa shape index (κ2) is 6.18. The van der Waals surface area contributed by atoms with E-state index >= 15 is 0 Å². The molecule has 0 aliphatic heterocycles. The number of rotatable bonds is 5. The third kappa shape index (κ3) is 3.45. The molecule has 1 fully saturated rings. The predicted molar refractivity (Wildman–Crippen MR) is 89.5 cm³/mol. The lowest BCUT2D eigenvalue weighted by atomic mass is 9.64. The Labute approximate surface area is 134 Å². The van der Waals surface area contributed by atoms with Crippen LogP contribution in [0.25, 0.3) is 0 Å². The Bertz CT molecular complexity index is 476. The fourth-order valence-corrected chi connectivity index (χ4v) is 3.15. The molecule has 1 aliphatic rings. The van der Waals surface area contributed by atoms with Gasteiger partial charge in [-0.2, -0.15) is 0 Å². The van der Waals surface area contributed by atoms with E-state index in [2.05, 4.69) is 55.6 Å². The molecule has 0 aromatic heterocycles. The molecule has 0 heterocycles. The topological polar surface area (TPSA) is 21.3 Å². The molecule has 2 nitrogen and oxygen atoms in total. The van der Waals surface area contributed by atoms with Crippen LogP contribution in [0, 0.1) is 20.7 Å². The smallest absolute Gasteiger partial charge is 0.124 e. The van der Waals surface area contributed by atoms with Gasteiger partial charge in [0, 0.05) is 27.3 Å². The first kappa shape index (κ1) is 16.0. The van der Waals surface area contributed by atoms with Gasteiger partial charge in [-0.3, -0.25) is 0 Å². The zero-order chi connectivity index (χ0) is 14.9. The van der Waals surface area contributed by atoms with Crippen LogP contribution in [0.15, 0.2) is 18.2 Å². The number of nitrogens with one attached hydrogen (secondary N) is 1. The molecule has 0 bridgehead atoms. The highest BCUT2D eigenvalue weighted by atomic mass is 127. The number of hydrogen-bond donors (Lipinski definition) is 1. The number of hydrogen-bond acceptors (Lipinski definition) is 2. The van der Waals surface area contributed by atoms with Crippen molar-refractivity contribution in [1.82, 2.24) is 0 Å². The van der Waals surface area contributed by atoms with E-state index in [1.165, 1.54) is 6.07 Å². The minimum atomic E-state index is -0.189. The van der Waals surface area contributed by atoms with Crippen LogP contribution in [0.2, 0.25) is 0 Å². The maximum atomic E-state index is 13.1. The van der Waals surface area contributed by atoms with Crippen LogP contribution in [-0.2, 0) is 4.74 Å². The van der Waals surface area contributed by atoms with Crippen LogP contribution in [0.4, 0.5) is 10.1 Å². The first-order valence-electron chi connectivity index (χ1n) is 7.14. The maximum absolute atomic E-state index is 13.1. The molecule has 0 saturated heterocycles. The van der Waals surface area contributed by atoms with Crippen molar-refractivity contribution in [3.8, 4) is 0 Å². The predicted octanol–water partition coefficient (Wildman–Crippen LogP) is 4.68. The monoisotopic (exact) mass is 391 g/mol. The first-order chi connectivity index (χ1) is 9.30. The molecule has 2 rings (SSSR count). The van der Waals surface area contributed by atoms with E-state index in [9.17, 15) is 4.39 Å². The van der Waals surface area contributed by atoms with E-state index in [-0.39, 0.29) is 11.2 Å². The lowest BCUT2D eigenvalue weighted by Gasteiger charge is -2.52. The minimum Gasteiger partial charge on any atom is -0.381 e. The van der Waals surface area contributed by atoms with Gasteiger partial charge in [0.15, 0.2) is 0 Å². The summed E-state index contributed by atoms with van der Waals surface area (Å²) in [6, 6.07) is 5.25. The van der Waals surface area contributed by atoms with E-state index < -0.39 is 0 Å². The molecule has 0 spiro atoms. The Morgan fingerprint density at radius 2 is 2.15 bits per heavy atom. The minimum absolute atomic E-state index is 0.104. The molecular formula is C16H23FINO. The highest BCUT2D eigenvalue weighted by Gasteiger charge is 2.49. The molecule has 0 amide bonds. The lowest BCUT2D eigenvalue weighted by molar-refractivity contribution is -0.108. The van der Waals surface area contributed by atoms with E-state index in [0.29, 0.717) is 18.1 Å². The van der Waals surface area contributed by atoms with Gasteiger partial charge >= 0.3 is 0 Å². The van der Waals surface area contributed by atoms with Gasteiger partial charge in [0.1, 0.15) is 5.82 Å². The van der Waals surface area contributed by atoms with Gasteiger partial charge in [0.25, 0.3) is 0 Å². The molecule has 1 aromatic carbocycles. The van der Waals surface area contributed by atoms with Gasteiger partial charge < -0.3 is 10.1 Å². The van der Waals surface area contributed by atoms with Crippen LogP contribution >= 0.6 is 22.6 Å². The lowest BCUT2D eigenvalue weighted by Crippen LogP contribution is -2.58. The summed E-state index contributed by atoms with van der Waals surface area (Å²) >= 11 is 2.17. The summed E-state index contributed by atoms with van der Waals surface area (Å²) in [5, 5.41) is 3.53. The van der Waals surface area contributed by atoms with Crippen LogP contribution in [0.3, 0.4) is 0 Å². The van der Waals surface area contributed by atoms with Gasteiger partial charge in [-0.25, -0.2) is 4.39 Å². The summed E-state index contributed by atoms with van der Waals surface area (Å²) in [4.78, 5) is 0. The largest absolute Gasteiger partial charge is 0.381 e. The van der Waals surface area contributed by atoms with Crippen LogP contribution in [0.5, 0.6) is 0 Å². The number of benzene rings is 1. The average molecular weight is 391 g/mol. The molecule has 1 N–H and O–H groups in total. The van der Waals surface area contributed by atoms with Gasteiger partial charge in [-0.15, -0.1) is 0 Å². The van der Waals surface area contributed by atoms with Crippen molar-refractivity contribution < 1.29 is 9.13 Å². The van der Waals surface area contributed by atoms with Gasteiger partial charge in [0.2, 0.25) is 0 Å². The fourth-order valence-electron chi connectivity index (χ4n) is 2.52. The fraction of sp³-hybridized carbons (Fsp3) is 0.625. The standard InChI is InChI=1S/C16H23FINO/c1-10(2)9-20-15-8-14(16(15,3)4)19-13-6-5-11(17)7-12(13)18/h5-7,10,14-15,19H,8-9H2,1-4H3. The zero-order valence-corrected chi connectivity index (χ0v) is 14.7. The van der Waals surface area contributed by atoms with Crippen molar-refractivity contribution in [3.05, 3.63) is 27.6 Å². The molecule has 2 atom stereocenters. The molecule has 1 saturated carbocycles. The van der Waals surface area contributed by atoms with Crippen LogP contribution in [-0.4, -0.2) is 18.8 Å². The number of halogens is 2. The van der Waals surface area contributed by atoms with Crippen molar-refractivity contribution in [2.45, 2.75) is 46.3 Å². The highest BCUT2D eigenvalue weighted by Crippen LogP contribution is 2.44. The van der Waals surface area contributed by atoms with Crippen molar-refractivity contribution in [2.75, 3.05) is 11.9 Å². The second-order valence-electron chi connectivity index (χ2n) is 6.59. The van der Waals surface area contributed by atoms with Crippen molar-refractivity contribution in [3.63, 3.8) is 0 Å². The van der Waals surface area contributed by atoms with Gasteiger partial charge in [0.05, 0.1) is 6.10 Å². The highest BCUT2D eigenvalue weighted by molar-refractivity contribution is 14.1. The summed E-state index contributed by atoms with van der Waals surface area (Å²) in [5.74, 6) is 0.377. The number of ether oxygens (including phenoxy) is 1. The Hall–Kier alpha value is -0.360. The summed E-state index contributed by atoms with van der Waals surface area (Å²) in [7, 11) is 0. The van der Waals surface area contributed by atoms with E-state index in [1.54, 1.807) is 6.07 Å². The van der Waals surface area contributed by atoms with Gasteiger partial charge in [-0.05, 0) is 53.1 Å². The van der Waals surface area contributed by atoms with Crippen molar-refractivity contribution in [2.24, 2.45) is 11.3 Å². The van der Waals surface area contributed by atoms with E-state index in [0.717, 1.165) is 22.3 Å². The molecule has 1 aliphatic carbocycles. The van der Waals surface area contributed by atoms with Crippen LogP contribution in [0.1, 0.15) is 34.1 Å². The Morgan fingerprint density at radius 1 is 1.45 bits per heavy atom. The third-order valence-corrected chi connectivity index (χ3v) is 4.96. The van der Waals surface area contributed by atoms with Crippen molar-refractivity contribution in [1.29, 1.82) is 0 Å². The quantitative estimate of drug-likeness (QED) is 0.736. The summed E-state index contributed by atoms with van der Waals surface area (Å²) in [6.07, 6.45) is 1.31. The molecule has 20 heavy (non-hydrogen) atoms. The number of anilines is 1. The molecular weight excluding hydrogens is 368 g/mol. The molecule has 4 heteroatoms. The van der Waals surface area contributed by atoms with E-state index in [1.807, 2.05) is 6.07 Å². The Balaban J connectivity index is 1.95. The van der Waals surface area contributed by atoms with E-state index in [4.69, 9.17) is 4.74 Å². The molecule has 2 unspecified atom stereocenters. The normalized spacial score (nSPS) is 24.6. The molecule has 0 radical (unpaired) electrons. The summed E-state index contributed by atoms with van der Waals surface area (Å²) < 4.78 is 20.0. The maximum Gasteiger partial charge on any atom is 0.124 e. The molecule has 1 aromatic rings. The Kier molecular flexibility index (Phi) is 4.95.